The van der Waals surface area contributed by atoms with Crippen LogP contribution in [0.2, 0.25) is 0 Å². The van der Waals surface area contributed by atoms with Crippen molar-refractivity contribution in [2.75, 3.05) is 0 Å². The Bertz CT molecular complexity index is 1470. The average molecular weight is 387 g/mol. The third kappa shape index (κ3) is 2.68. The second-order valence-electron chi connectivity index (χ2n) is 7.13. The van der Waals surface area contributed by atoms with Crippen LogP contribution in [-0.2, 0) is 0 Å². The van der Waals surface area contributed by atoms with Crippen LogP contribution >= 0.6 is 0 Å². The molecule has 0 bridgehead atoms. The van der Waals surface area contributed by atoms with Gasteiger partial charge in [-0.25, -0.2) is 0 Å². The summed E-state index contributed by atoms with van der Waals surface area (Å²) in [6.45, 7) is 0. The second-order valence-corrected chi connectivity index (χ2v) is 7.13. The summed E-state index contributed by atoms with van der Waals surface area (Å²) in [7, 11) is 0. The summed E-state index contributed by atoms with van der Waals surface area (Å²) in [5, 5.41) is 4.78. The largest absolute Gasteiger partial charge is 0.417 e. The number of benzene rings is 3. The van der Waals surface area contributed by atoms with Crippen molar-refractivity contribution < 1.29 is 4.52 Å². The SMILES string of the molecule is c1ccc(-c2cn3c(n2)[n-][n+]2c(-c4ccccc4)cc(-c4ccccc4)nc32)cc1. The number of rotatable bonds is 3. The normalized spacial score (nSPS) is 11.3. The zero-order valence-corrected chi connectivity index (χ0v) is 16.1. The summed E-state index contributed by atoms with van der Waals surface area (Å²) in [5.41, 5.74) is 5.97. The van der Waals surface area contributed by atoms with E-state index in [0.29, 0.717) is 5.78 Å². The molecule has 0 saturated heterocycles. The monoisotopic (exact) mass is 387 g/mol. The summed E-state index contributed by atoms with van der Waals surface area (Å²) in [6.07, 6.45) is 2.00. The molecule has 0 fully saturated rings. The van der Waals surface area contributed by atoms with Crippen LogP contribution in [0.15, 0.2) is 103 Å². The summed E-state index contributed by atoms with van der Waals surface area (Å²) in [5.74, 6) is 1.36. The topological polar surface area (TPSA) is 48.4 Å². The molecule has 5 nitrogen and oxygen atoms in total. The lowest BCUT2D eigenvalue weighted by molar-refractivity contribution is -0.572. The molecule has 0 atom stereocenters. The third-order valence-electron chi connectivity index (χ3n) is 5.21. The van der Waals surface area contributed by atoms with Crippen molar-refractivity contribution in [1.29, 1.82) is 0 Å². The van der Waals surface area contributed by atoms with Gasteiger partial charge in [0.2, 0.25) is 0 Å². The highest BCUT2D eigenvalue weighted by molar-refractivity contribution is 5.68. The number of nitrogens with zero attached hydrogens (tertiary/aromatic N) is 5. The maximum atomic E-state index is 4.95. The zero-order valence-electron chi connectivity index (χ0n) is 16.1. The maximum absolute atomic E-state index is 4.95. The molecule has 0 unspecified atom stereocenters. The Morgan fingerprint density at radius 1 is 0.633 bits per heavy atom. The minimum atomic E-state index is 0.628. The number of fused-ring (bicyclic) bond motifs is 3. The highest BCUT2D eigenvalue weighted by atomic mass is 15.4. The van der Waals surface area contributed by atoms with Gasteiger partial charge in [-0.15, -0.1) is 0 Å². The lowest BCUT2D eigenvalue weighted by Gasteiger charge is -2.04. The first-order valence-corrected chi connectivity index (χ1v) is 9.82. The van der Waals surface area contributed by atoms with Crippen molar-refractivity contribution in [3.05, 3.63) is 103 Å². The summed E-state index contributed by atoms with van der Waals surface area (Å²) < 4.78 is 3.83. The van der Waals surface area contributed by atoms with E-state index in [2.05, 4.69) is 42.5 Å². The Kier molecular flexibility index (Phi) is 3.71. The number of hydrogen-bond donors (Lipinski definition) is 0. The van der Waals surface area contributed by atoms with Crippen molar-refractivity contribution in [3.8, 4) is 33.8 Å². The van der Waals surface area contributed by atoms with Crippen molar-refractivity contribution in [1.82, 2.24) is 19.5 Å². The Morgan fingerprint density at radius 2 is 1.20 bits per heavy atom. The molecule has 142 valence electrons. The molecule has 6 aromatic rings. The van der Waals surface area contributed by atoms with Crippen LogP contribution in [-0.4, -0.2) is 14.4 Å². The fourth-order valence-corrected chi connectivity index (χ4v) is 3.74. The van der Waals surface area contributed by atoms with Gasteiger partial charge in [0.05, 0.1) is 6.20 Å². The van der Waals surface area contributed by atoms with E-state index < -0.39 is 0 Å². The number of aromatic nitrogens is 5. The van der Waals surface area contributed by atoms with E-state index in [1.165, 1.54) is 0 Å². The molecular formula is C25H17N5. The van der Waals surface area contributed by atoms with Crippen LogP contribution < -0.4 is 9.61 Å². The Hall–Kier alpha value is -4.25. The molecular weight excluding hydrogens is 370 g/mol. The highest BCUT2D eigenvalue weighted by Gasteiger charge is 2.20. The standard InChI is InChI=1S/C25H17N5/c1-4-10-18(11-5-1)21-16-23(20-14-8-3-9-15-20)30-25(27-21)29-17-22(26-24(29)28-30)19-12-6-2-7-13-19/h1-17H. The fraction of sp³-hybridized carbons (Fsp3) is 0. The quantitative estimate of drug-likeness (QED) is 0.422. The zero-order chi connectivity index (χ0) is 19.9. The van der Waals surface area contributed by atoms with Crippen molar-refractivity contribution >= 4 is 11.6 Å². The number of imidazole rings is 1. The Labute approximate surface area is 172 Å². The van der Waals surface area contributed by atoms with Crippen molar-refractivity contribution in [3.63, 3.8) is 0 Å². The first-order valence-electron chi connectivity index (χ1n) is 9.82. The van der Waals surface area contributed by atoms with Gasteiger partial charge in [0.1, 0.15) is 5.69 Å². The Balaban J connectivity index is 1.64. The lowest BCUT2D eigenvalue weighted by atomic mass is 10.1. The molecule has 0 radical (unpaired) electrons. The smallest absolute Gasteiger partial charge is 0.327 e. The van der Waals surface area contributed by atoms with E-state index in [0.717, 1.165) is 39.5 Å². The van der Waals surface area contributed by atoms with Gasteiger partial charge in [0.25, 0.3) is 0 Å². The van der Waals surface area contributed by atoms with E-state index >= 15 is 0 Å². The number of hydrogen-bond acceptors (Lipinski definition) is 2. The average Bonchev–Trinajstić information content (AvgIpc) is 3.39. The molecule has 0 aliphatic rings. The van der Waals surface area contributed by atoms with Gasteiger partial charge < -0.3 is 4.98 Å². The summed E-state index contributed by atoms with van der Waals surface area (Å²) in [4.78, 5) is 9.70. The van der Waals surface area contributed by atoms with Crippen molar-refractivity contribution in [2.45, 2.75) is 0 Å². The predicted octanol–water partition coefficient (Wildman–Crippen LogP) is 4.43. The molecule has 0 N–H and O–H groups in total. The molecule has 0 spiro atoms. The molecule has 3 aromatic heterocycles. The molecule has 0 aliphatic carbocycles. The van der Waals surface area contributed by atoms with Gasteiger partial charge in [-0.2, -0.15) is 14.0 Å². The first-order chi connectivity index (χ1) is 14.9. The van der Waals surface area contributed by atoms with Gasteiger partial charge in [0, 0.05) is 22.9 Å². The van der Waals surface area contributed by atoms with Gasteiger partial charge in [-0.05, 0) is 5.56 Å². The highest BCUT2D eigenvalue weighted by Crippen LogP contribution is 2.24. The van der Waals surface area contributed by atoms with Gasteiger partial charge >= 0.3 is 5.78 Å². The van der Waals surface area contributed by atoms with Gasteiger partial charge in [-0.3, -0.25) is 0 Å². The van der Waals surface area contributed by atoms with Gasteiger partial charge in [-0.1, -0.05) is 96.0 Å². The molecule has 0 aliphatic heterocycles. The van der Waals surface area contributed by atoms with Gasteiger partial charge in [0.15, 0.2) is 11.5 Å². The van der Waals surface area contributed by atoms with Crippen LogP contribution in [0, 0.1) is 0 Å². The van der Waals surface area contributed by atoms with Crippen LogP contribution in [0.25, 0.3) is 45.3 Å². The van der Waals surface area contributed by atoms with Crippen LogP contribution in [0.3, 0.4) is 0 Å². The fourth-order valence-electron chi connectivity index (χ4n) is 3.74. The molecule has 3 aromatic carbocycles. The summed E-state index contributed by atoms with van der Waals surface area (Å²) >= 11 is 0. The molecule has 0 amide bonds. The van der Waals surface area contributed by atoms with E-state index in [9.17, 15) is 0 Å². The minimum Gasteiger partial charge on any atom is -0.327 e. The molecule has 5 heteroatoms. The first kappa shape index (κ1) is 16.7. The van der Waals surface area contributed by atoms with Crippen LogP contribution in [0.4, 0.5) is 0 Å². The molecule has 30 heavy (non-hydrogen) atoms. The predicted molar refractivity (Wildman–Crippen MR) is 116 cm³/mol. The van der Waals surface area contributed by atoms with Crippen LogP contribution in [0.5, 0.6) is 0 Å². The second kappa shape index (κ2) is 6.67. The maximum Gasteiger partial charge on any atom is 0.417 e. The molecule has 3 heterocycles. The van der Waals surface area contributed by atoms with Crippen molar-refractivity contribution in [2.24, 2.45) is 0 Å². The third-order valence-corrected chi connectivity index (χ3v) is 5.21. The molecule has 0 saturated carbocycles. The summed E-state index contributed by atoms with van der Waals surface area (Å²) in [6, 6.07) is 32.7. The van der Waals surface area contributed by atoms with E-state index in [1.54, 1.807) is 0 Å². The molecule has 6 rings (SSSR count). The van der Waals surface area contributed by atoms with E-state index in [-0.39, 0.29) is 0 Å². The van der Waals surface area contributed by atoms with E-state index in [4.69, 9.17) is 15.1 Å². The lowest BCUT2D eigenvalue weighted by Crippen LogP contribution is -2.30. The van der Waals surface area contributed by atoms with E-state index in [1.807, 2.05) is 69.7 Å². The van der Waals surface area contributed by atoms with Crippen LogP contribution in [0.1, 0.15) is 0 Å². The Morgan fingerprint density at radius 3 is 1.83 bits per heavy atom. The minimum absolute atomic E-state index is 0.628.